The Morgan fingerprint density at radius 1 is 0.979 bits per heavy atom. The van der Waals surface area contributed by atoms with Gasteiger partial charge in [-0.3, -0.25) is 14.8 Å². The number of nitrogen functional groups attached to an aromatic ring is 1. The second-order valence-electron chi connectivity index (χ2n) is 12.2. The number of nitrogens with zero attached hydrogens (tertiary/aromatic N) is 7. The SMILES string of the molecule is C=Cc1cnc2c(/C=C/c3cnc4c(-c5cc(N)c(N6CCN(C(=O)CCOC)[C@H](C)C6)nc5C5CC5)cccc4n3)cccc2n1. The Hall–Kier alpha value is -5.22. The van der Waals surface area contributed by atoms with Gasteiger partial charge in [0.25, 0.3) is 0 Å². The van der Waals surface area contributed by atoms with Crippen molar-refractivity contribution in [3.63, 3.8) is 0 Å². The Morgan fingerprint density at radius 2 is 1.72 bits per heavy atom. The quantitative estimate of drug-likeness (QED) is 0.210. The molecule has 1 amide bonds. The average Bonchev–Trinajstić information content (AvgIpc) is 3.94. The number of pyridine rings is 1. The summed E-state index contributed by atoms with van der Waals surface area (Å²) >= 11 is 0. The monoisotopic (exact) mass is 626 g/mol. The number of anilines is 2. The number of methoxy groups -OCH3 is 1. The van der Waals surface area contributed by atoms with Gasteiger partial charge in [0, 0.05) is 55.4 Å². The van der Waals surface area contributed by atoms with E-state index in [1.54, 1.807) is 25.6 Å². The molecule has 10 heteroatoms. The van der Waals surface area contributed by atoms with E-state index >= 15 is 0 Å². The summed E-state index contributed by atoms with van der Waals surface area (Å²) < 4.78 is 5.11. The van der Waals surface area contributed by atoms with Crippen LogP contribution in [0.5, 0.6) is 0 Å². The van der Waals surface area contributed by atoms with Gasteiger partial charge in [0.2, 0.25) is 5.91 Å². The number of para-hydroxylation sites is 2. The standard InChI is InChI=1S/C37H38N8O2/c1-4-26-20-39-35-24(7-5-9-31(35)41-26)13-14-27-21-40-36-28(8-6-10-32(36)42-27)29-19-30(38)37(43-34(29)25-11-12-25)44-16-17-45(23(2)22-44)33(46)15-18-47-3/h4-10,13-14,19-21,23,25H,1,11-12,15-18,22,38H2,2-3H3/b14-13+/t23-/m1/s1. The number of amides is 1. The van der Waals surface area contributed by atoms with Crippen LogP contribution in [-0.2, 0) is 9.53 Å². The number of hydrogen-bond donors (Lipinski definition) is 1. The van der Waals surface area contributed by atoms with Crippen molar-refractivity contribution in [1.82, 2.24) is 29.8 Å². The van der Waals surface area contributed by atoms with Gasteiger partial charge in [-0.1, -0.05) is 36.9 Å². The van der Waals surface area contributed by atoms with Gasteiger partial charge in [0.15, 0.2) is 5.82 Å². The van der Waals surface area contributed by atoms with Gasteiger partial charge < -0.3 is 20.3 Å². The zero-order valence-corrected chi connectivity index (χ0v) is 26.8. The van der Waals surface area contributed by atoms with Crippen molar-refractivity contribution >= 4 is 57.7 Å². The van der Waals surface area contributed by atoms with Crippen LogP contribution in [0.3, 0.4) is 0 Å². The minimum Gasteiger partial charge on any atom is -0.396 e. The maximum atomic E-state index is 12.7. The maximum Gasteiger partial charge on any atom is 0.225 e. The van der Waals surface area contributed by atoms with E-state index in [9.17, 15) is 4.79 Å². The summed E-state index contributed by atoms with van der Waals surface area (Å²) in [5.41, 5.74) is 16.1. The average molecular weight is 627 g/mol. The first-order valence-corrected chi connectivity index (χ1v) is 16.1. The number of fused-ring (bicyclic) bond motifs is 2. The van der Waals surface area contributed by atoms with Crippen LogP contribution in [0, 0.1) is 0 Å². The van der Waals surface area contributed by atoms with Crippen molar-refractivity contribution in [1.29, 1.82) is 0 Å². The van der Waals surface area contributed by atoms with Crippen LogP contribution in [0.4, 0.5) is 11.5 Å². The topological polar surface area (TPSA) is 123 Å². The first-order chi connectivity index (χ1) is 22.9. The summed E-state index contributed by atoms with van der Waals surface area (Å²) in [4.78, 5) is 41.1. The summed E-state index contributed by atoms with van der Waals surface area (Å²) in [5.74, 6) is 1.30. The highest BCUT2D eigenvalue weighted by molar-refractivity contribution is 5.94. The Labute approximate surface area is 274 Å². The Morgan fingerprint density at radius 3 is 2.49 bits per heavy atom. The van der Waals surface area contributed by atoms with E-state index in [0.717, 1.165) is 74.5 Å². The molecule has 2 aromatic carbocycles. The second-order valence-corrected chi connectivity index (χ2v) is 12.2. The number of aromatic nitrogens is 5. The molecule has 5 aromatic rings. The summed E-state index contributed by atoms with van der Waals surface area (Å²) in [7, 11) is 1.62. The molecule has 47 heavy (non-hydrogen) atoms. The molecule has 238 valence electrons. The van der Waals surface area contributed by atoms with Gasteiger partial charge in [-0.2, -0.15) is 0 Å². The highest BCUT2D eigenvalue weighted by Crippen LogP contribution is 2.46. The Kier molecular flexibility index (Phi) is 8.34. The highest BCUT2D eigenvalue weighted by atomic mass is 16.5. The predicted molar refractivity (Wildman–Crippen MR) is 188 cm³/mol. The fourth-order valence-electron chi connectivity index (χ4n) is 6.36. The largest absolute Gasteiger partial charge is 0.396 e. The molecule has 4 heterocycles. The lowest BCUT2D eigenvalue weighted by Gasteiger charge is -2.41. The van der Waals surface area contributed by atoms with Gasteiger partial charge in [-0.15, -0.1) is 0 Å². The summed E-state index contributed by atoms with van der Waals surface area (Å²) in [6.07, 6.45) is 11.7. The molecule has 2 aliphatic rings. The van der Waals surface area contributed by atoms with Gasteiger partial charge >= 0.3 is 0 Å². The number of rotatable bonds is 9. The zero-order chi connectivity index (χ0) is 32.5. The number of nitrogens with two attached hydrogens (primary N) is 1. The van der Waals surface area contributed by atoms with Crippen LogP contribution < -0.4 is 10.6 Å². The van der Waals surface area contributed by atoms with Crippen molar-refractivity contribution < 1.29 is 9.53 Å². The number of hydrogen-bond acceptors (Lipinski definition) is 9. The van der Waals surface area contributed by atoms with E-state index in [1.165, 1.54) is 0 Å². The van der Waals surface area contributed by atoms with E-state index < -0.39 is 0 Å². The molecule has 1 aliphatic heterocycles. The van der Waals surface area contributed by atoms with Crippen molar-refractivity contribution in [2.45, 2.75) is 38.1 Å². The molecule has 10 nitrogen and oxygen atoms in total. The number of carbonyl (C=O) groups excluding carboxylic acids is 1. The predicted octanol–water partition coefficient (Wildman–Crippen LogP) is 5.98. The first-order valence-electron chi connectivity index (χ1n) is 16.1. The number of benzene rings is 2. The molecule has 1 aliphatic carbocycles. The van der Waals surface area contributed by atoms with E-state index in [1.807, 2.05) is 47.4 Å². The minimum absolute atomic E-state index is 0.0496. The third kappa shape index (κ3) is 6.16. The molecule has 0 spiro atoms. The van der Waals surface area contributed by atoms with E-state index in [2.05, 4.69) is 40.5 Å². The fourth-order valence-corrected chi connectivity index (χ4v) is 6.36. The van der Waals surface area contributed by atoms with Crippen LogP contribution in [0.15, 0.2) is 61.4 Å². The van der Waals surface area contributed by atoms with Crippen molar-refractivity contribution in [3.05, 3.63) is 84.1 Å². The second kappa shape index (κ2) is 12.9. The third-order valence-electron chi connectivity index (χ3n) is 8.94. The zero-order valence-electron chi connectivity index (χ0n) is 26.8. The normalized spacial score (nSPS) is 16.8. The van der Waals surface area contributed by atoms with E-state index in [-0.39, 0.29) is 11.9 Å². The van der Waals surface area contributed by atoms with Gasteiger partial charge in [0.1, 0.15) is 0 Å². The Bertz CT molecular complexity index is 2020. The van der Waals surface area contributed by atoms with Crippen LogP contribution in [0.2, 0.25) is 0 Å². The maximum absolute atomic E-state index is 12.7. The molecule has 7 rings (SSSR count). The Balaban J connectivity index is 1.17. The van der Waals surface area contributed by atoms with Crippen molar-refractivity contribution in [3.8, 4) is 11.1 Å². The number of piperazine rings is 1. The smallest absolute Gasteiger partial charge is 0.225 e. The fraction of sp³-hybridized carbons (Fsp3) is 0.297. The third-order valence-corrected chi connectivity index (χ3v) is 8.94. The van der Waals surface area contributed by atoms with E-state index in [0.29, 0.717) is 44.3 Å². The summed E-state index contributed by atoms with van der Waals surface area (Å²) in [6.45, 7) is 8.29. The van der Waals surface area contributed by atoms with Crippen LogP contribution in [0.1, 0.15) is 54.7 Å². The highest BCUT2D eigenvalue weighted by Gasteiger charge is 2.33. The van der Waals surface area contributed by atoms with Gasteiger partial charge in [0.05, 0.1) is 70.3 Å². The molecule has 2 N–H and O–H groups in total. The summed E-state index contributed by atoms with van der Waals surface area (Å²) in [6, 6.07) is 14.1. The molecule has 0 radical (unpaired) electrons. The molecular formula is C37H38N8O2. The molecular weight excluding hydrogens is 588 g/mol. The van der Waals surface area contributed by atoms with Gasteiger partial charge in [-0.05, 0) is 50.1 Å². The molecule has 1 saturated heterocycles. The number of carbonyl (C=O) groups is 1. The van der Waals surface area contributed by atoms with Crippen molar-refractivity contribution in [2.24, 2.45) is 0 Å². The lowest BCUT2D eigenvalue weighted by atomic mass is 9.98. The molecule has 1 atom stereocenters. The molecule has 0 bridgehead atoms. The molecule has 0 unspecified atom stereocenters. The van der Waals surface area contributed by atoms with Crippen LogP contribution in [0.25, 0.3) is 51.4 Å². The summed E-state index contributed by atoms with van der Waals surface area (Å²) in [5, 5.41) is 0. The lowest BCUT2D eigenvalue weighted by Crippen LogP contribution is -2.54. The number of ether oxygens (including phenoxy) is 1. The molecule has 2 fully saturated rings. The first kappa shape index (κ1) is 30.4. The van der Waals surface area contributed by atoms with Crippen molar-refractivity contribution in [2.75, 3.05) is 44.0 Å². The minimum atomic E-state index is 0.0496. The van der Waals surface area contributed by atoms with E-state index in [4.69, 9.17) is 25.4 Å². The van der Waals surface area contributed by atoms with Crippen LogP contribution in [-0.4, -0.2) is 75.1 Å². The molecule has 3 aromatic heterocycles. The molecule has 1 saturated carbocycles. The lowest BCUT2D eigenvalue weighted by molar-refractivity contribution is -0.134. The van der Waals surface area contributed by atoms with Crippen LogP contribution >= 0.6 is 0 Å². The van der Waals surface area contributed by atoms with Gasteiger partial charge in [-0.25, -0.2) is 15.0 Å².